The van der Waals surface area contributed by atoms with Crippen molar-refractivity contribution in [3.05, 3.63) is 35.1 Å². The Morgan fingerprint density at radius 1 is 1.37 bits per heavy atom. The van der Waals surface area contributed by atoms with E-state index in [0.717, 1.165) is 25.0 Å². The monoisotopic (exact) mass is 273 g/mol. The molecule has 6 heteroatoms. The predicted molar refractivity (Wildman–Crippen MR) is 62.3 cm³/mol. The van der Waals surface area contributed by atoms with E-state index in [1.165, 1.54) is 12.0 Å². The summed E-state index contributed by atoms with van der Waals surface area (Å²) >= 11 is 0. The normalized spacial score (nSPS) is 18.9. The Kier molecular flexibility index (Phi) is 4.09. The quantitative estimate of drug-likeness (QED) is 0.791. The number of halogens is 3. The second-order valence-electron chi connectivity index (χ2n) is 4.47. The molecule has 3 nitrogen and oxygen atoms in total. The Balaban J connectivity index is 2.27. The lowest BCUT2D eigenvalue weighted by atomic mass is 10.1. The Labute approximate surface area is 109 Å². The number of nitrogens with zero attached hydrogens (tertiary/aromatic N) is 1. The van der Waals surface area contributed by atoms with E-state index in [2.05, 4.69) is 0 Å². The zero-order chi connectivity index (χ0) is 14.0. The number of hydrogen-bond acceptors (Lipinski definition) is 2. The lowest BCUT2D eigenvalue weighted by Crippen LogP contribution is -2.38. The summed E-state index contributed by atoms with van der Waals surface area (Å²) in [6, 6.07) is 1.58. The summed E-state index contributed by atoms with van der Waals surface area (Å²) in [5.74, 6) is -4.98. The van der Waals surface area contributed by atoms with E-state index in [4.69, 9.17) is 4.74 Å². The summed E-state index contributed by atoms with van der Waals surface area (Å²) in [7, 11) is 1.51. The molecular formula is C13H14F3NO2. The fraction of sp³-hybridized carbons (Fsp3) is 0.462. The third kappa shape index (κ3) is 2.58. The van der Waals surface area contributed by atoms with E-state index in [1.807, 2.05) is 0 Å². The topological polar surface area (TPSA) is 29.5 Å². The minimum absolute atomic E-state index is 0.148. The van der Waals surface area contributed by atoms with Crippen LogP contribution in [0.25, 0.3) is 0 Å². The zero-order valence-corrected chi connectivity index (χ0v) is 10.5. The van der Waals surface area contributed by atoms with Crippen LogP contribution in [-0.4, -0.2) is 37.1 Å². The molecule has 0 bridgehead atoms. The van der Waals surface area contributed by atoms with Gasteiger partial charge in [-0.2, -0.15) is 0 Å². The molecule has 1 aromatic carbocycles. The standard InChI is InChI=1S/C13H14F3NO2/c1-19-7-8-3-2-6-17(8)13(18)9-4-5-10(14)12(16)11(9)15/h4-5,8H,2-3,6-7H2,1H3. The van der Waals surface area contributed by atoms with Crippen LogP contribution in [0.4, 0.5) is 13.2 Å². The van der Waals surface area contributed by atoms with Crippen molar-refractivity contribution in [1.29, 1.82) is 0 Å². The highest BCUT2D eigenvalue weighted by Crippen LogP contribution is 2.23. The molecular weight excluding hydrogens is 259 g/mol. The molecule has 0 aromatic heterocycles. The summed E-state index contributed by atoms with van der Waals surface area (Å²) in [5, 5.41) is 0. The van der Waals surface area contributed by atoms with Gasteiger partial charge in [-0.3, -0.25) is 4.79 Å². The fourth-order valence-corrected chi connectivity index (χ4v) is 2.31. The minimum atomic E-state index is -1.62. The maximum atomic E-state index is 13.6. The number of hydrogen-bond donors (Lipinski definition) is 0. The summed E-state index contributed by atoms with van der Waals surface area (Å²) in [4.78, 5) is 13.6. The van der Waals surface area contributed by atoms with Crippen LogP contribution in [-0.2, 0) is 4.74 Å². The molecule has 1 aromatic rings. The van der Waals surface area contributed by atoms with Crippen LogP contribution in [0.3, 0.4) is 0 Å². The highest BCUT2D eigenvalue weighted by atomic mass is 19.2. The molecule has 1 heterocycles. The predicted octanol–water partition coefficient (Wildman–Crippen LogP) is 2.35. The highest BCUT2D eigenvalue weighted by molar-refractivity contribution is 5.94. The largest absolute Gasteiger partial charge is 0.383 e. The maximum absolute atomic E-state index is 13.6. The van der Waals surface area contributed by atoms with Gasteiger partial charge in [0, 0.05) is 13.7 Å². The van der Waals surface area contributed by atoms with E-state index in [0.29, 0.717) is 13.2 Å². The third-order valence-electron chi connectivity index (χ3n) is 3.26. The molecule has 1 aliphatic heterocycles. The lowest BCUT2D eigenvalue weighted by molar-refractivity contribution is 0.0625. The summed E-state index contributed by atoms with van der Waals surface area (Å²) < 4.78 is 44.6. The minimum Gasteiger partial charge on any atom is -0.383 e. The average molecular weight is 273 g/mol. The van der Waals surface area contributed by atoms with Gasteiger partial charge in [0.15, 0.2) is 17.5 Å². The fourth-order valence-electron chi connectivity index (χ4n) is 2.31. The van der Waals surface area contributed by atoms with Gasteiger partial charge >= 0.3 is 0 Å². The van der Waals surface area contributed by atoms with Crippen LogP contribution in [0.1, 0.15) is 23.2 Å². The number of amides is 1. The molecule has 0 N–H and O–H groups in total. The van der Waals surface area contributed by atoms with Crippen LogP contribution in [0.5, 0.6) is 0 Å². The molecule has 1 aliphatic rings. The van der Waals surface area contributed by atoms with Crippen molar-refractivity contribution in [2.24, 2.45) is 0 Å². The van der Waals surface area contributed by atoms with Gasteiger partial charge in [0.2, 0.25) is 0 Å². The van der Waals surface area contributed by atoms with Gasteiger partial charge in [-0.1, -0.05) is 0 Å². The molecule has 0 spiro atoms. The van der Waals surface area contributed by atoms with Gasteiger partial charge in [0.25, 0.3) is 5.91 Å². The molecule has 1 atom stereocenters. The van der Waals surface area contributed by atoms with Crippen molar-refractivity contribution >= 4 is 5.91 Å². The van der Waals surface area contributed by atoms with E-state index < -0.39 is 28.9 Å². The van der Waals surface area contributed by atoms with Crippen LogP contribution in [0, 0.1) is 17.5 Å². The smallest absolute Gasteiger partial charge is 0.257 e. The summed E-state index contributed by atoms with van der Waals surface area (Å²) in [6.45, 7) is 0.808. The van der Waals surface area contributed by atoms with Crippen LogP contribution in [0.15, 0.2) is 12.1 Å². The van der Waals surface area contributed by atoms with Crippen molar-refractivity contribution in [3.8, 4) is 0 Å². The van der Waals surface area contributed by atoms with Gasteiger partial charge in [-0.25, -0.2) is 13.2 Å². The van der Waals surface area contributed by atoms with E-state index in [-0.39, 0.29) is 6.04 Å². The zero-order valence-electron chi connectivity index (χ0n) is 10.5. The van der Waals surface area contributed by atoms with E-state index in [9.17, 15) is 18.0 Å². The highest BCUT2D eigenvalue weighted by Gasteiger charge is 2.31. The maximum Gasteiger partial charge on any atom is 0.257 e. The number of likely N-dealkylation sites (tertiary alicyclic amines) is 1. The van der Waals surface area contributed by atoms with Crippen LogP contribution >= 0.6 is 0 Å². The first-order valence-electron chi connectivity index (χ1n) is 5.99. The Morgan fingerprint density at radius 3 is 2.79 bits per heavy atom. The van der Waals surface area contributed by atoms with Crippen molar-refractivity contribution < 1.29 is 22.7 Å². The third-order valence-corrected chi connectivity index (χ3v) is 3.26. The molecule has 2 rings (SSSR count). The Hall–Kier alpha value is -1.56. The number of carbonyl (C=O) groups excluding carboxylic acids is 1. The van der Waals surface area contributed by atoms with Crippen LogP contribution < -0.4 is 0 Å². The molecule has 1 amide bonds. The molecule has 19 heavy (non-hydrogen) atoms. The number of carbonyl (C=O) groups is 1. The van der Waals surface area contributed by atoms with Crippen LogP contribution in [0.2, 0.25) is 0 Å². The average Bonchev–Trinajstić information content (AvgIpc) is 2.84. The van der Waals surface area contributed by atoms with Gasteiger partial charge in [-0.05, 0) is 25.0 Å². The molecule has 0 radical (unpaired) electrons. The van der Waals surface area contributed by atoms with Gasteiger partial charge < -0.3 is 9.64 Å². The van der Waals surface area contributed by atoms with Gasteiger partial charge in [-0.15, -0.1) is 0 Å². The molecule has 104 valence electrons. The second kappa shape index (κ2) is 5.61. The first-order chi connectivity index (χ1) is 9.06. The van der Waals surface area contributed by atoms with Crippen molar-refractivity contribution in [2.75, 3.05) is 20.3 Å². The Bertz CT molecular complexity index is 493. The number of ether oxygens (including phenoxy) is 1. The second-order valence-corrected chi connectivity index (χ2v) is 4.47. The summed E-state index contributed by atoms with van der Waals surface area (Å²) in [6.07, 6.45) is 1.54. The SMILES string of the molecule is COCC1CCCN1C(=O)c1ccc(F)c(F)c1F. The van der Waals surface area contributed by atoms with Crippen molar-refractivity contribution in [2.45, 2.75) is 18.9 Å². The molecule has 0 aliphatic carbocycles. The Morgan fingerprint density at radius 2 is 2.11 bits per heavy atom. The lowest BCUT2D eigenvalue weighted by Gasteiger charge is -2.24. The van der Waals surface area contributed by atoms with E-state index in [1.54, 1.807) is 0 Å². The molecule has 1 unspecified atom stereocenters. The molecule has 0 saturated carbocycles. The molecule has 1 saturated heterocycles. The van der Waals surface area contributed by atoms with Crippen molar-refractivity contribution in [3.63, 3.8) is 0 Å². The summed E-state index contributed by atoms with van der Waals surface area (Å²) in [5.41, 5.74) is -0.443. The number of rotatable bonds is 3. The first-order valence-corrected chi connectivity index (χ1v) is 5.99. The molecule has 1 fully saturated rings. The van der Waals surface area contributed by atoms with Gasteiger partial charge in [0.05, 0.1) is 18.2 Å². The number of methoxy groups -OCH3 is 1. The first kappa shape index (κ1) is 13.9. The number of benzene rings is 1. The van der Waals surface area contributed by atoms with E-state index >= 15 is 0 Å². The van der Waals surface area contributed by atoms with Crippen molar-refractivity contribution in [1.82, 2.24) is 4.90 Å². The van der Waals surface area contributed by atoms with Gasteiger partial charge in [0.1, 0.15) is 0 Å².